The maximum absolute atomic E-state index is 12.9. The van der Waals surface area contributed by atoms with E-state index in [0.717, 1.165) is 24.9 Å². The van der Waals surface area contributed by atoms with Crippen LogP contribution in [0.15, 0.2) is 24.3 Å². The number of para-hydroxylation sites is 1. The molecule has 1 saturated heterocycles. The first-order valence-electron chi connectivity index (χ1n) is 8.69. The van der Waals surface area contributed by atoms with Gasteiger partial charge in [-0.05, 0) is 42.9 Å². The molecule has 1 aromatic heterocycles. The molecule has 3 heteroatoms. The summed E-state index contributed by atoms with van der Waals surface area (Å²) in [6.07, 6.45) is 4.29. The molecule has 0 bridgehead atoms. The number of aromatic nitrogens is 1. The number of carbonyl (C=O) groups excluding carboxylic acids is 1. The Morgan fingerprint density at radius 3 is 2.95 bits per heavy atom. The second-order valence-electron chi connectivity index (χ2n) is 7.17. The van der Waals surface area contributed by atoms with E-state index in [9.17, 15) is 4.79 Å². The van der Waals surface area contributed by atoms with Gasteiger partial charge in [-0.3, -0.25) is 14.3 Å². The topological polar surface area (TPSA) is 25.2 Å². The number of carbonyl (C=O) groups is 1. The fourth-order valence-electron chi connectivity index (χ4n) is 5.34. The lowest BCUT2D eigenvalue weighted by atomic mass is 9.71. The molecule has 3 aliphatic heterocycles. The molecule has 0 spiro atoms. The standard InChI is InChI=1S/C19H22N2O/c1-2-12-7-9-20-10-8-14-13-5-3-4-6-16(13)21-17(22)11-15(12)18(20)19(14)21/h3-6,12,15,18H,2,7-11H2,1H3. The first kappa shape index (κ1) is 12.9. The highest BCUT2D eigenvalue weighted by Gasteiger charge is 2.47. The molecule has 3 atom stereocenters. The Kier molecular flexibility index (Phi) is 2.61. The summed E-state index contributed by atoms with van der Waals surface area (Å²) in [5.74, 6) is 1.56. The van der Waals surface area contributed by atoms with Crippen molar-refractivity contribution in [3.8, 4) is 0 Å². The summed E-state index contributed by atoms with van der Waals surface area (Å²) in [6, 6.07) is 8.97. The highest BCUT2D eigenvalue weighted by atomic mass is 16.2. The van der Waals surface area contributed by atoms with Gasteiger partial charge < -0.3 is 0 Å². The number of benzene rings is 1. The third kappa shape index (κ3) is 1.48. The molecule has 0 radical (unpaired) electrons. The Hall–Kier alpha value is -1.61. The van der Waals surface area contributed by atoms with Crippen LogP contribution < -0.4 is 0 Å². The predicted molar refractivity (Wildman–Crippen MR) is 87.1 cm³/mol. The second kappa shape index (κ2) is 4.45. The molecular weight excluding hydrogens is 272 g/mol. The average molecular weight is 294 g/mol. The van der Waals surface area contributed by atoms with E-state index >= 15 is 0 Å². The molecule has 22 heavy (non-hydrogen) atoms. The van der Waals surface area contributed by atoms with Gasteiger partial charge in [0.25, 0.3) is 0 Å². The van der Waals surface area contributed by atoms with E-state index in [2.05, 4.69) is 40.7 Å². The Labute approximate surface area is 130 Å². The van der Waals surface area contributed by atoms with Gasteiger partial charge in [-0.1, -0.05) is 31.5 Å². The number of rotatable bonds is 1. The summed E-state index contributed by atoms with van der Waals surface area (Å²) in [5, 5.41) is 1.31. The van der Waals surface area contributed by atoms with Crippen LogP contribution in [0.2, 0.25) is 0 Å². The highest BCUT2D eigenvalue weighted by molar-refractivity contribution is 5.97. The number of hydrogen-bond acceptors (Lipinski definition) is 2. The minimum absolute atomic E-state index is 0.320. The first-order valence-corrected chi connectivity index (χ1v) is 8.69. The molecule has 3 nitrogen and oxygen atoms in total. The lowest BCUT2D eigenvalue weighted by Gasteiger charge is -2.50. The SMILES string of the molecule is CCC1CCN2CCc3c4n(c5ccccc35)C(=O)CC1C42. The quantitative estimate of drug-likeness (QED) is 0.802. The Bertz CT molecular complexity index is 775. The lowest BCUT2D eigenvalue weighted by molar-refractivity contribution is 0.0164. The van der Waals surface area contributed by atoms with Crippen LogP contribution in [0, 0.1) is 11.8 Å². The van der Waals surface area contributed by atoms with Gasteiger partial charge >= 0.3 is 0 Å². The van der Waals surface area contributed by atoms with Gasteiger partial charge in [-0.15, -0.1) is 0 Å². The van der Waals surface area contributed by atoms with Crippen LogP contribution in [0.4, 0.5) is 0 Å². The molecule has 4 heterocycles. The fourth-order valence-corrected chi connectivity index (χ4v) is 5.34. The van der Waals surface area contributed by atoms with Crippen LogP contribution in [0.25, 0.3) is 10.9 Å². The Balaban J connectivity index is 1.81. The molecule has 0 aliphatic carbocycles. The molecule has 0 N–H and O–H groups in total. The lowest BCUT2D eigenvalue weighted by Crippen LogP contribution is -2.50. The predicted octanol–water partition coefficient (Wildman–Crippen LogP) is 3.63. The van der Waals surface area contributed by atoms with Crippen molar-refractivity contribution in [2.45, 2.75) is 38.6 Å². The average Bonchev–Trinajstić information content (AvgIpc) is 2.90. The molecule has 0 amide bonds. The molecular formula is C19H22N2O. The third-order valence-corrected chi connectivity index (χ3v) is 6.32. The van der Waals surface area contributed by atoms with E-state index in [1.54, 1.807) is 0 Å². The van der Waals surface area contributed by atoms with Crippen LogP contribution in [0.1, 0.15) is 48.3 Å². The van der Waals surface area contributed by atoms with Crippen molar-refractivity contribution in [2.75, 3.05) is 13.1 Å². The number of fused-ring (bicyclic) bond motifs is 3. The molecule has 0 saturated carbocycles. The molecule has 2 aromatic rings. The van der Waals surface area contributed by atoms with Crippen molar-refractivity contribution < 1.29 is 4.79 Å². The van der Waals surface area contributed by atoms with E-state index < -0.39 is 0 Å². The normalized spacial score (nSPS) is 30.6. The van der Waals surface area contributed by atoms with Crippen LogP contribution in [0.5, 0.6) is 0 Å². The zero-order valence-corrected chi connectivity index (χ0v) is 13.1. The number of nitrogens with zero attached hydrogens (tertiary/aromatic N) is 2. The Morgan fingerprint density at radius 1 is 1.23 bits per heavy atom. The minimum atomic E-state index is 0.320. The van der Waals surface area contributed by atoms with Crippen molar-refractivity contribution in [3.63, 3.8) is 0 Å². The third-order valence-electron chi connectivity index (χ3n) is 6.32. The van der Waals surface area contributed by atoms with Gasteiger partial charge in [-0.25, -0.2) is 0 Å². The zero-order chi connectivity index (χ0) is 14.8. The summed E-state index contributed by atoms with van der Waals surface area (Å²) in [4.78, 5) is 15.6. The van der Waals surface area contributed by atoms with E-state index in [4.69, 9.17) is 0 Å². The van der Waals surface area contributed by atoms with Crippen LogP contribution in [0.3, 0.4) is 0 Å². The zero-order valence-electron chi connectivity index (χ0n) is 13.1. The highest BCUT2D eigenvalue weighted by Crippen LogP contribution is 2.50. The van der Waals surface area contributed by atoms with E-state index in [1.165, 1.54) is 36.0 Å². The van der Waals surface area contributed by atoms with Crippen molar-refractivity contribution in [3.05, 3.63) is 35.5 Å². The number of piperidine rings is 1. The molecule has 3 unspecified atom stereocenters. The van der Waals surface area contributed by atoms with Gasteiger partial charge in [0, 0.05) is 24.0 Å². The molecule has 5 rings (SSSR count). The summed E-state index contributed by atoms with van der Waals surface area (Å²) >= 11 is 0. The summed E-state index contributed by atoms with van der Waals surface area (Å²) in [5.41, 5.74) is 3.93. The van der Waals surface area contributed by atoms with Gasteiger partial charge in [0.15, 0.2) is 0 Å². The van der Waals surface area contributed by atoms with Crippen molar-refractivity contribution >= 4 is 16.8 Å². The summed E-state index contributed by atoms with van der Waals surface area (Å²) in [7, 11) is 0. The van der Waals surface area contributed by atoms with Gasteiger partial charge in [0.2, 0.25) is 5.91 Å². The largest absolute Gasteiger partial charge is 0.294 e. The van der Waals surface area contributed by atoms with Gasteiger partial charge in [-0.2, -0.15) is 0 Å². The van der Waals surface area contributed by atoms with Gasteiger partial charge in [0.1, 0.15) is 0 Å². The maximum atomic E-state index is 12.9. The summed E-state index contributed by atoms with van der Waals surface area (Å²) in [6.45, 7) is 4.65. The van der Waals surface area contributed by atoms with Crippen molar-refractivity contribution in [2.24, 2.45) is 11.8 Å². The molecule has 3 aliphatic rings. The molecule has 1 fully saturated rings. The molecule has 1 aromatic carbocycles. The van der Waals surface area contributed by atoms with Crippen LogP contribution in [-0.4, -0.2) is 28.5 Å². The summed E-state index contributed by atoms with van der Waals surface area (Å²) < 4.78 is 2.07. The monoisotopic (exact) mass is 294 g/mol. The molecule has 114 valence electrons. The van der Waals surface area contributed by atoms with E-state index in [-0.39, 0.29) is 0 Å². The van der Waals surface area contributed by atoms with Gasteiger partial charge in [0.05, 0.1) is 11.6 Å². The smallest absolute Gasteiger partial charge is 0.231 e. The van der Waals surface area contributed by atoms with Crippen LogP contribution in [-0.2, 0) is 6.42 Å². The Morgan fingerprint density at radius 2 is 2.09 bits per heavy atom. The minimum Gasteiger partial charge on any atom is -0.294 e. The van der Waals surface area contributed by atoms with Crippen molar-refractivity contribution in [1.29, 1.82) is 0 Å². The second-order valence-corrected chi connectivity index (χ2v) is 7.17. The first-order chi connectivity index (χ1) is 10.8. The fraction of sp³-hybridized carbons (Fsp3) is 0.526. The van der Waals surface area contributed by atoms with Crippen LogP contribution >= 0.6 is 0 Å². The van der Waals surface area contributed by atoms with E-state index in [0.29, 0.717) is 23.8 Å². The van der Waals surface area contributed by atoms with Crippen molar-refractivity contribution in [1.82, 2.24) is 9.47 Å². The number of hydrogen-bond donors (Lipinski definition) is 0. The maximum Gasteiger partial charge on any atom is 0.231 e. The van der Waals surface area contributed by atoms with E-state index in [1.807, 2.05) is 0 Å².